The van der Waals surface area contributed by atoms with Crippen LogP contribution in [0.2, 0.25) is 0 Å². The zero-order chi connectivity index (χ0) is 33.5. The number of alkyl halides is 17. The molecule has 1 saturated carbocycles. The number of aryl methyl sites for hydroxylation is 1. The van der Waals surface area contributed by atoms with Crippen LogP contribution in [0.5, 0.6) is 0 Å². The van der Waals surface area contributed by atoms with Crippen molar-refractivity contribution in [1.82, 2.24) is 0 Å². The Morgan fingerprint density at radius 2 is 0.884 bits per heavy atom. The van der Waals surface area contributed by atoms with E-state index in [0.717, 1.165) is 57.1 Å². The minimum atomic E-state index is -8.62. The second-order valence-electron chi connectivity index (χ2n) is 10.8. The summed E-state index contributed by atoms with van der Waals surface area (Å²) in [4.78, 5) is 0. The van der Waals surface area contributed by atoms with Gasteiger partial charge in [0, 0.05) is 5.56 Å². The molecule has 0 unspecified atom stereocenters. The summed E-state index contributed by atoms with van der Waals surface area (Å²) in [5.41, 5.74) is -1.97. The van der Waals surface area contributed by atoms with E-state index in [2.05, 4.69) is 6.92 Å². The fourth-order valence-corrected chi connectivity index (χ4v) is 4.90. The molecule has 0 heterocycles. The molecule has 0 spiro atoms. The summed E-state index contributed by atoms with van der Waals surface area (Å²) in [6.07, 6.45) is -0.218. The first-order chi connectivity index (χ1) is 19.2. The van der Waals surface area contributed by atoms with Gasteiger partial charge in [0.1, 0.15) is 0 Å². The SMILES string of the molecule is CCCC[C@H]1CC[C@H](CCc2ccc(C(F)(F)C(F)(F)C(F)(F)C(F)(F)C(F)(F)C(F)(F)C(F)(F)C(F)(F)F)cc2)CC1. The van der Waals surface area contributed by atoms with Crippen LogP contribution in [0.3, 0.4) is 0 Å². The molecule has 0 N–H and O–H groups in total. The normalized spacial score (nSPS) is 20.4. The third kappa shape index (κ3) is 6.28. The molecule has 0 amide bonds. The van der Waals surface area contributed by atoms with Gasteiger partial charge in [-0.25, -0.2) is 0 Å². The van der Waals surface area contributed by atoms with Crippen LogP contribution in [0.15, 0.2) is 24.3 Å². The Labute approximate surface area is 235 Å². The molecule has 1 fully saturated rings. The first-order valence-electron chi connectivity index (χ1n) is 13.0. The van der Waals surface area contributed by atoms with Gasteiger partial charge in [-0.05, 0) is 30.2 Å². The van der Waals surface area contributed by atoms with Gasteiger partial charge >= 0.3 is 47.6 Å². The molecule has 1 aliphatic rings. The summed E-state index contributed by atoms with van der Waals surface area (Å²) in [6, 6.07) is 1.55. The highest BCUT2D eigenvalue weighted by atomic mass is 19.4. The van der Waals surface area contributed by atoms with Crippen molar-refractivity contribution in [2.45, 2.75) is 112 Å². The van der Waals surface area contributed by atoms with Crippen molar-refractivity contribution in [3.63, 3.8) is 0 Å². The third-order valence-electron chi connectivity index (χ3n) is 7.81. The van der Waals surface area contributed by atoms with E-state index in [4.69, 9.17) is 0 Å². The maximum atomic E-state index is 14.5. The summed E-state index contributed by atoms with van der Waals surface area (Å²) in [5.74, 6) is -55.6. The zero-order valence-electron chi connectivity index (χ0n) is 22.3. The molecule has 0 atom stereocenters. The van der Waals surface area contributed by atoms with E-state index in [1.807, 2.05) is 0 Å². The lowest BCUT2D eigenvalue weighted by Crippen LogP contribution is -2.74. The molecular formula is C26H27F17. The molecule has 0 radical (unpaired) electrons. The van der Waals surface area contributed by atoms with Crippen molar-refractivity contribution in [1.29, 1.82) is 0 Å². The smallest absolute Gasteiger partial charge is 0.194 e. The Bertz CT molecular complexity index is 1050. The molecule has 17 heteroatoms. The molecule has 0 aromatic heterocycles. The van der Waals surface area contributed by atoms with E-state index < -0.39 is 53.2 Å². The Morgan fingerprint density at radius 3 is 1.28 bits per heavy atom. The van der Waals surface area contributed by atoms with Crippen LogP contribution in [0.4, 0.5) is 74.6 Å². The van der Waals surface area contributed by atoms with Crippen molar-refractivity contribution in [3.8, 4) is 0 Å². The van der Waals surface area contributed by atoms with Crippen LogP contribution in [-0.2, 0) is 12.3 Å². The molecule has 1 aliphatic carbocycles. The zero-order valence-corrected chi connectivity index (χ0v) is 22.3. The Kier molecular flexibility index (Phi) is 10.5. The van der Waals surface area contributed by atoms with E-state index in [0.29, 0.717) is 12.3 Å². The quantitative estimate of drug-likeness (QED) is 0.185. The van der Waals surface area contributed by atoms with Gasteiger partial charge in [-0.1, -0.05) is 76.1 Å². The van der Waals surface area contributed by atoms with E-state index >= 15 is 0 Å². The molecule has 250 valence electrons. The van der Waals surface area contributed by atoms with Crippen molar-refractivity contribution < 1.29 is 74.6 Å². The van der Waals surface area contributed by atoms with Crippen molar-refractivity contribution in [2.75, 3.05) is 0 Å². The van der Waals surface area contributed by atoms with Crippen LogP contribution in [0, 0.1) is 11.8 Å². The monoisotopic (exact) mass is 662 g/mol. The van der Waals surface area contributed by atoms with Crippen LogP contribution in [0.1, 0.15) is 69.4 Å². The van der Waals surface area contributed by atoms with Gasteiger partial charge in [-0.2, -0.15) is 74.6 Å². The molecule has 0 saturated heterocycles. The van der Waals surface area contributed by atoms with Gasteiger partial charge in [-0.15, -0.1) is 0 Å². The highest BCUT2D eigenvalue weighted by Crippen LogP contribution is 2.65. The average Bonchev–Trinajstić information content (AvgIpc) is 2.90. The lowest BCUT2D eigenvalue weighted by molar-refractivity contribution is -0.462. The summed E-state index contributed by atoms with van der Waals surface area (Å²) in [5, 5.41) is 0. The summed E-state index contributed by atoms with van der Waals surface area (Å²) < 4.78 is 230. The Morgan fingerprint density at radius 1 is 0.512 bits per heavy atom. The molecule has 1 aromatic carbocycles. The van der Waals surface area contributed by atoms with Gasteiger partial charge < -0.3 is 0 Å². The van der Waals surface area contributed by atoms with E-state index in [-0.39, 0.29) is 30.0 Å². The average molecular weight is 662 g/mol. The first-order valence-corrected chi connectivity index (χ1v) is 13.0. The van der Waals surface area contributed by atoms with Crippen LogP contribution in [0.25, 0.3) is 0 Å². The Balaban J connectivity index is 2.27. The fraction of sp³-hybridized carbons (Fsp3) is 0.769. The highest BCUT2D eigenvalue weighted by Gasteiger charge is 2.95. The van der Waals surface area contributed by atoms with Gasteiger partial charge in [-0.3, -0.25) is 0 Å². The van der Waals surface area contributed by atoms with E-state index in [9.17, 15) is 74.6 Å². The lowest BCUT2D eigenvalue weighted by Gasteiger charge is -2.42. The standard InChI is InChI=1S/C26H27F17/c1-2-3-4-15-5-7-16(8-6-15)9-10-17-11-13-18(14-12-17)19(27,28)20(29,30)21(31,32)22(33,34)23(35,36)24(37,38)25(39,40)26(41,42)43/h11-16H,2-10H2,1H3/t15-,16-. The predicted molar refractivity (Wildman–Crippen MR) is 119 cm³/mol. The second kappa shape index (κ2) is 12.1. The van der Waals surface area contributed by atoms with Gasteiger partial charge in [0.15, 0.2) is 0 Å². The molecule has 2 rings (SSSR count). The predicted octanol–water partition coefficient (Wildman–Crippen LogP) is 11.1. The van der Waals surface area contributed by atoms with Gasteiger partial charge in [0.05, 0.1) is 0 Å². The van der Waals surface area contributed by atoms with Gasteiger partial charge in [0.25, 0.3) is 0 Å². The van der Waals surface area contributed by atoms with Crippen molar-refractivity contribution in [3.05, 3.63) is 35.4 Å². The number of unbranched alkanes of at least 4 members (excludes halogenated alkanes) is 1. The summed E-state index contributed by atoms with van der Waals surface area (Å²) in [7, 11) is 0. The molecule has 0 nitrogen and oxygen atoms in total. The molecule has 0 aliphatic heterocycles. The van der Waals surface area contributed by atoms with Crippen LogP contribution < -0.4 is 0 Å². The summed E-state index contributed by atoms with van der Waals surface area (Å²) in [6.45, 7) is 2.06. The second-order valence-corrected chi connectivity index (χ2v) is 10.8. The van der Waals surface area contributed by atoms with Crippen molar-refractivity contribution >= 4 is 0 Å². The minimum absolute atomic E-state index is 0.0592. The van der Waals surface area contributed by atoms with Crippen LogP contribution >= 0.6 is 0 Å². The first kappa shape index (κ1) is 37.2. The van der Waals surface area contributed by atoms with E-state index in [1.54, 1.807) is 0 Å². The molecule has 1 aromatic rings. The van der Waals surface area contributed by atoms with Gasteiger partial charge in [0.2, 0.25) is 0 Å². The maximum Gasteiger partial charge on any atom is 0.460 e. The minimum Gasteiger partial charge on any atom is -0.194 e. The number of rotatable bonds is 13. The fourth-order valence-electron chi connectivity index (χ4n) is 4.90. The molecular weight excluding hydrogens is 635 g/mol. The van der Waals surface area contributed by atoms with Crippen LogP contribution in [-0.4, -0.2) is 41.7 Å². The molecule has 0 bridgehead atoms. The largest absolute Gasteiger partial charge is 0.460 e. The lowest BCUT2D eigenvalue weighted by atomic mass is 9.78. The highest BCUT2D eigenvalue weighted by molar-refractivity contribution is 5.29. The number of hydrogen-bond acceptors (Lipinski definition) is 0. The Hall–Kier alpha value is -1.97. The number of hydrogen-bond donors (Lipinski definition) is 0. The summed E-state index contributed by atoms with van der Waals surface area (Å²) >= 11 is 0. The van der Waals surface area contributed by atoms with Crippen molar-refractivity contribution in [2.24, 2.45) is 11.8 Å². The number of benzene rings is 1. The molecule has 43 heavy (non-hydrogen) atoms. The third-order valence-corrected chi connectivity index (χ3v) is 7.81. The van der Waals surface area contributed by atoms with E-state index in [1.165, 1.54) is 0 Å². The topological polar surface area (TPSA) is 0 Å². The maximum absolute atomic E-state index is 14.5. The number of halogens is 17.